The molecule has 0 aliphatic carbocycles. The molecule has 1 heterocycles. The number of hydrogen-bond donors (Lipinski definition) is 1. The second kappa shape index (κ2) is 6.89. The summed E-state index contributed by atoms with van der Waals surface area (Å²) in [5.41, 5.74) is 0.254. The topological polar surface area (TPSA) is 62.7 Å². The van der Waals surface area contributed by atoms with E-state index in [0.717, 1.165) is 0 Å². The molecule has 1 amide bonds. The number of aliphatic hydroxyl groups is 1. The minimum absolute atomic E-state index is 0.142. The van der Waals surface area contributed by atoms with Crippen LogP contribution in [0.15, 0.2) is 12.3 Å². The molecule has 0 aliphatic heterocycles. The molecule has 18 heavy (non-hydrogen) atoms. The lowest BCUT2D eigenvalue weighted by Crippen LogP contribution is -2.36. The summed E-state index contributed by atoms with van der Waals surface area (Å²) in [5.74, 6) is -0.334. The maximum atomic E-state index is 12.1. The minimum Gasteiger partial charge on any atom is -0.389 e. The van der Waals surface area contributed by atoms with Gasteiger partial charge >= 0.3 is 0 Å². The molecule has 1 unspecified atom stereocenters. The van der Waals surface area contributed by atoms with Crippen molar-refractivity contribution in [3.05, 3.63) is 28.0 Å². The highest BCUT2D eigenvalue weighted by Crippen LogP contribution is 2.19. The number of methoxy groups -OCH3 is 1. The van der Waals surface area contributed by atoms with Gasteiger partial charge < -0.3 is 14.7 Å². The lowest BCUT2D eigenvalue weighted by atomic mass is 10.2. The Bertz CT molecular complexity index is 429. The molecular weight excluding hydrogens is 279 g/mol. The SMILES string of the molecule is COCC(O)CN(C)C(=O)c1cc(Cl)ncc1Cl. The molecule has 0 radical (unpaired) electrons. The molecule has 0 aliphatic rings. The van der Waals surface area contributed by atoms with Crippen molar-refractivity contribution in [3.63, 3.8) is 0 Å². The number of halogens is 2. The summed E-state index contributed by atoms with van der Waals surface area (Å²) >= 11 is 11.6. The molecule has 1 rings (SSSR count). The standard InChI is InChI=1S/C11H14Cl2N2O3/c1-15(5-7(16)6-18-2)11(17)8-3-10(13)14-4-9(8)12/h3-4,7,16H,5-6H2,1-2H3. The van der Waals surface area contributed by atoms with Gasteiger partial charge in [-0.05, 0) is 6.07 Å². The molecule has 1 atom stereocenters. The molecule has 0 saturated heterocycles. The van der Waals surface area contributed by atoms with Crippen molar-refractivity contribution in [1.82, 2.24) is 9.88 Å². The van der Waals surface area contributed by atoms with Crippen LogP contribution in [-0.2, 0) is 4.74 Å². The number of amides is 1. The van der Waals surface area contributed by atoms with Crippen molar-refractivity contribution in [2.24, 2.45) is 0 Å². The Labute approximate surface area is 115 Å². The third-order valence-corrected chi connectivity index (χ3v) is 2.75. The summed E-state index contributed by atoms with van der Waals surface area (Å²) in [4.78, 5) is 17.2. The van der Waals surface area contributed by atoms with E-state index in [1.807, 2.05) is 0 Å². The van der Waals surface area contributed by atoms with Gasteiger partial charge in [0.05, 0.1) is 23.3 Å². The van der Waals surface area contributed by atoms with Crippen molar-refractivity contribution < 1.29 is 14.6 Å². The molecule has 1 aromatic heterocycles. The molecule has 100 valence electrons. The van der Waals surface area contributed by atoms with E-state index in [1.54, 1.807) is 7.05 Å². The van der Waals surface area contributed by atoms with Crippen LogP contribution in [0.25, 0.3) is 0 Å². The van der Waals surface area contributed by atoms with E-state index in [0.29, 0.717) is 0 Å². The van der Waals surface area contributed by atoms with Crippen molar-refractivity contribution >= 4 is 29.1 Å². The highest BCUT2D eigenvalue weighted by molar-refractivity contribution is 6.35. The Morgan fingerprint density at radius 3 is 2.89 bits per heavy atom. The Hall–Kier alpha value is -0.880. The van der Waals surface area contributed by atoms with Crippen LogP contribution in [-0.4, -0.2) is 54.3 Å². The van der Waals surface area contributed by atoms with Crippen LogP contribution >= 0.6 is 23.2 Å². The Kier molecular flexibility index (Phi) is 5.81. The van der Waals surface area contributed by atoms with E-state index in [2.05, 4.69) is 4.98 Å². The molecule has 7 heteroatoms. The van der Waals surface area contributed by atoms with E-state index in [9.17, 15) is 9.90 Å². The molecule has 1 aromatic rings. The third kappa shape index (κ3) is 4.10. The van der Waals surface area contributed by atoms with E-state index >= 15 is 0 Å². The van der Waals surface area contributed by atoms with Crippen molar-refractivity contribution in [3.8, 4) is 0 Å². The first-order valence-electron chi connectivity index (χ1n) is 5.19. The van der Waals surface area contributed by atoms with Crippen LogP contribution in [0, 0.1) is 0 Å². The van der Waals surface area contributed by atoms with Gasteiger partial charge in [-0.2, -0.15) is 0 Å². The van der Waals surface area contributed by atoms with E-state index in [-0.39, 0.29) is 34.8 Å². The van der Waals surface area contributed by atoms with Gasteiger partial charge in [0.2, 0.25) is 0 Å². The molecule has 0 fully saturated rings. The van der Waals surface area contributed by atoms with Crippen LogP contribution in [0.3, 0.4) is 0 Å². The summed E-state index contributed by atoms with van der Waals surface area (Å²) in [6, 6.07) is 1.39. The summed E-state index contributed by atoms with van der Waals surface area (Å²) in [6.45, 7) is 0.297. The van der Waals surface area contributed by atoms with Crippen LogP contribution in [0.1, 0.15) is 10.4 Å². The predicted octanol–water partition coefficient (Wildman–Crippen LogP) is 1.47. The summed E-state index contributed by atoms with van der Waals surface area (Å²) < 4.78 is 4.79. The van der Waals surface area contributed by atoms with Gasteiger partial charge in [-0.25, -0.2) is 4.98 Å². The average Bonchev–Trinajstić information content (AvgIpc) is 2.31. The highest BCUT2D eigenvalue weighted by Gasteiger charge is 2.18. The van der Waals surface area contributed by atoms with E-state index in [4.69, 9.17) is 27.9 Å². The van der Waals surface area contributed by atoms with Gasteiger partial charge in [-0.15, -0.1) is 0 Å². The minimum atomic E-state index is -0.750. The van der Waals surface area contributed by atoms with E-state index in [1.165, 1.54) is 24.3 Å². The molecule has 0 aromatic carbocycles. The van der Waals surface area contributed by atoms with Gasteiger partial charge in [-0.1, -0.05) is 23.2 Å². The number of carbonyl (C=O) groups is 1. The largest absolute Gasteiger partial charge is 0.389 e. The zero-order valence-electron chi connectivity index (χ0n) is 10.1. The number of likely N-dealkylation sites (N-methyl/N-ethyl adjacent to an activating group) is 1. The molecule has 0 spiro atoms. The van der Waals surface area contributed by atoms with Crippen molar-refractivity contribution in [2.45, 2.75) is 6.10 Å². The molecular formula is C11H14Cl2N2O3. The normalized spacial score (nSPS) is 12.3. The zero-order valence-corrected chi connectivity index (χ0v) is 11.6. The first-order chi connectivity index (χ1) is 8.45. The summed E-state index contributed by atoms with van der Waals surface area (Å²) in [7, 11) is 3.04. The maximum Gasteiger partial charge on any atom is 0.255 e. The zero-order chi connectivity index (χ0) is 13.7. The average molecular weight is 293 g/mol. The van der Waals surface area contributed by atoms with Crippen LogP contribution in [0.4, 0.5) is 0 Å². The van der Waals surface area contributed by atoms with Crippen LogP contribution < -0.4 is 0 Å². The van der Waals surface area contributed by atoms with Crippen molar-refractivity contribution in [1.29, 1.82) is 0 Å². The van der Waals surface area contributed by atoms with Gasteiger partial charge in [-0.3, -0.25) is 4.79 Å². The quantitative estimate of drug-likeness (QED) is 0.835. The number of hydrogen-bond acceptors (Lipinski definition) is 4. The third-order valence-electron chi connectivity index (χ3n) is 2.24. The number of aliphatic hydroxyl groups excluding tert-OH is 1. The molecule has 0 saturated carbocycles. The van der Waals surface area contributed by atoms with Crippen molar-refractivity contribution in [2.75, 3.05) is 27.3 Å². The first kappa shape index (κ1) is 15.2. The fourth-order valence-electron chi connectivity index (χ4n) is 1.43. The van der Waals surface area contributed by atoms with Gasteiger partial charge in [0.1, 0.15) is 5.15 Å². The number of rotatable bonds is 5. The Morgan fingerprint density at radius 1 is 1.61 bits per heavy atom. The van der Waals surface area contributed by atoms with Gasteiger partial charge in [0, 0.05) is 26.9 Å². The number of pyridine rings is 1. The Balaban J connectivity index is 2.77. The maximum absolute atomic E-state index is 12.1. The molecule has 5 nitrogen and oxygen atoms in total. The number of aromatic nitrogens is 1. The fraction of sp³-hybridized carbons (Fsp3) is 0.455. The summed E-state index contributed by atoms with van der Waals surface area (Å²) in [6.07, 6.45) is 0.566. The smallest absolute Gasteiger partial charge is 0.255 e. The lowest BCUT2D eigenvalue weighted by Gasteiger charge is -2.20. The van der Waals surface area contributed by atoms with E-state index < -0.39 is 6.10 Å². The number of ether oxygens (including phenoxy) is 1. The molecule has 0 bridgehead atoms. The highest BCUT2D eigenvalue weighted by atomic mass is 35.5. The number of nitrogens with zero attached hydrogens (tertiary/aromatic N) is 2. The second-order valence-electron chi connectivity index (χ2n) is 3.78. The van der Waals surface area contributed by atoms with Gasteiger partial charge in [0.25, 0.3) is 5.91 Å². The Morgan fingerprint density at radius 2 is 2.28 bits per heavy atom. The van der Waals surface area contributed by atoms with Crippen LogP contribution in [0.5, 0.6) is 0 Å². The fourth-order valence-corrected chi connectivity index (χ4v) is 1.77. The van der Waals surface area contributed by atoms with Crippen LogP contribution in [0.2, 0.25) is 10.2 Å². The molecule has 1 N–H and O–H groups in total. The lowest BCUT2D eigenvalue weighted by molar-refractivity contribution is 0.0380. The first-order valence-corrected chi connectivity index (χ1v) is 5.94. The number of carbonyl (C=O) groups excluding carboxylic acids is 1. The summed E-state index contributed by atoms with van der Waals surface area (Å²) in [5, 5.41) is 9.96. The second-order valence-corrected chi connectivity index (χ2v) is 4.58. The monoisotopic (exact) mass is 292 g/mol. The predicted molar refractivity (Wildman–Crippen MR) is 69.1 cm³/mol. The van der Waals surface area contributed by atoms with Gasteiger partial charge in [0.15, 0.2) is 0 Å².